The summed E-state index contributed by atoms with van der Waals surface area (Å²) in [5.41, 5.74) is 3.12. The molecule has 0 unspecified atom stereocenters. The molecule has 0 aliphatic rings. The predicted octanol–water partition coefficient (Wildman–Crippen LogP) is 4.15. The Labute approximate surface area is 118 Å². The average Bonchev–Trinajstić information content (AvgIpc) is 2.39. The number of methoxy groups -OCH3 is 1. The molecule has 2 aromatic rings. The molecule has 0 N–H and O–H groups in total. The number of halogens is 1. The summed E-state index contributed by atoms with van der Waals surface area (Å²) in [4.78, 5) is 11.1. The Morgan fingerprint density at radius 1 is 1.11 bits per heavy atom. The number of carbonyl (C=O) groups is 1. The molecular formula is C16H15ClO2. The van der Waals surface area contributed by atoms with Gasteiger partial charge in [0.15, 0.2) is 0 Å². The van der Waals surface area contributed by atoms with Crippen molar-refractivity contribution in [1.29, 1.82) is 0 Å². The van der Waals surface area contributed by atoms with E-state index in [4.69, 9.17) is 16.3 Å². The van der Waals surface area contributed by atoms with Gasteiger partial charge in [-0.3, -0.25) is 4.79 Å². The minimum Gasteiger partial charge on any atom is -0.495 e. The van der Waals surface area contributed by atoms with E-state index in [1.54, 1.807) is 14.0 Å². The molecule has 0 spiro atoms. The van der Waals surface area contributed by atoms with Gasteiger partial charge in [-0.15, -0.1) is 0 Å². The lowest BCUT2D eigenvalue weighted by Gasteiger charge is -2.07. The summed E-state index contributed by atoms with van der Waals surface area (Å²) in [6.07, 6.45) is 0.476. The summed E-state index contributed by atoms with van der Waals surface area (Å²) < 4.78 is 5.13. The maximum Gasteiger partial charge on any atom is 0.137 e. The van der Waals surface area contributed by atoms with E-state index in [2.05, 4.69) is 0 Å². The molecule has 2 aromatic carbocycles. The van der Waals surface area contributed by atoms with Crippen LogP contribution in [0.25, 0.3) is 11.1 Å². The molecule has 3 heteroatoms. The molecule has 0 aromatic heterocycles. The number of benzene rings is 2. The van der Waals surface area contributed by atoms with E-state index < -0.39 is 0 Å². The number of ketones is 1. The number of hydrogen-bond acceptors (Lipinski definition) is 2. The lowest BCUT2D eigenvalue weighted by molar-refractivity contribution is -0.116. The van der Waals surface area contributed by atoms with Gasteiger partial charge in [0.1, 0.15) is 11.5 Å². The van der Waals surface area contributed by atoms with Crippen LogP contribution in [-0.2, 0) is 11.2 Å². The van der Waals surface area contributed by atoms with Gasteiger partial charge in [0.25, 0.3) is 0 Å². The Balaban J connectivity index is 2.27. The van der Waals surface area contributed by atoms with Gasteiger partial charge in [-0.25, -0.2) is 0 Å². The molecule has 0 aliphatic carbocycles. The number of carbonyl (C=O) groups excluding carboxylic acids is 1. The van der Waals surface area contributed by atoms with Crippen LogP contribution in [0.5, 0.6) is 5.75 Å². The van der Waals surface area contributed by atoms with Crippen LogP contribution >= 0.6 is 11.6 Å². The van der Waals surface area contributed by atoms with Crippen molar-refractivity contribution in [3.05, 3.63) is 53.1 Å². The molecule has 19 heavy (non-hydrogen) atoms. The monoisotopic (exact) mass is 274 g/mol. The smallest absolute Gasteiger partial charge is 0.137 e. The Bertz CT molecular complexity index is 588. The van der Waals surface area contributed by atoms with Crippen LogP contribution in [0.15, 0.2) is 42.5 Å². The second-order valence-electron chi connectivity index (χ2n) is 4.43. The zero-order chi connectivity index (χ0) is 13.8. The van der Waals surface area contributed by atoms with Gasteiger partial charge in [0.2, 0.25) is 0 Å². The highest BCUT2D eigenvalue weighted by atomic mass is 35.5. The van der Waals surface area contributed by atoms with E-state index in [1.165, 1.54) is 0 Å². The van der Waals surface area contributed by atoms with Gasteiger partial charge in [0.05, 0.1) is 12.1 Å². The predicted molar refractivity (Wildman–Crippen MR) is 77.8 cm³/mol. The highest BCUT2D eigenvalue weighted by Gasteiger charge is 2.04. The number of ether oxygens (including phenoxy) is 1. The molecule has 0 saturated heterocycles. The molecule has 0 heterocycles. The van der Waals surface area contributed by atoms with Gasteiger partial charge in [-0.05, 0) is 35.7 Å². The van der Waals surface area contributed by atoms with E-state index >= 15 is 0 Å². The number of Topliss-reactive ketones (excluding diaryl/α,β-unsaturated/α-hetero) is 1. The molecule has 0 bridgehead atoms. The van der Waals surface area contributed by atoms with Gasteiger partial charge >= 0.3 is 0 Å². The highest BCUT2D eigenvalue weighted by molar-refractivity contribution is 6.32. The first-order valence-corrected chi connectivity index (χ1v) is 6.40. The van der Waals surface area contributed by atoms with E-state index in [0.717, 1.165) is 16.7 Å². The van der Waals surface area contributed by atoms with Crippen molar-refractivity contribution in [2.24, 2.45) is 0 Å². The highest BCUT2D eigenvalue weighted by Crippen LogP contribution is 2.30. The van der Waals surface area contributed by atoms with Crippen molar-refractivity contribution in [3.63, 3.8) is 0 Å². The summed E-state index contributed by atoms with van der Waals surface area (Å²) in [7, 11) is 1.59. The van der Waals surface area contributed by atoms with Crippen LogP contribution in [0.1, 0.15) is 12.5 Å². The topological polar surface area (TPSA) is 26.3 Å². The van der Waals surface area contributed by atoms with Crippen molar-refractivity contribution in [2.45, 2.75) is 13.3 Å². The van der Waals surface area contributed by atoms with Crippen LogP contribution < -0.4 is 4.74 Å². The van der Waals surface area contributed by atoms with Crippen molar-refractivity contribution in [1.82, 2.24) is 0 Å². The lowest BCUT2D eigenvalue weighted by Crippen LogP contribution is -1.95. The van der Waals surface area contributed by atoms with Crippen LogP contribution in [0.3, 0.4) is 0 Å². The molecule has 0 radical (unpaired) electrons. The second kappa shape index (κ2) is 5.89. The zero-order valence-corrected chi connectivity index (χ0v) is 11.7. The Morgan fingerprint density at radius 3 is 2.26 bits per heavy atom. The van der Waals surface area contributed by atoms with Crippen molar-refractivity contribution >= 4 is 17.4 Å². The maximum absolute atomic E-state index is 11.1. The molecule has 0 fully saturated rings. The Morgan fingerprint density at radius 2 is 1.74 bits per heavy atom. The van der Waals surface area contributed by atoms with Crippen LogP contribution in [0.2, 0.25) is 5.02 Å². The minimum atomic E-state index is 0.167. The number of hydrogen-bond donors (Lipinski definition) is 0. The summed E-state index contributed by atoms with van der Waals surface area (Å²) in [6.45, 7) is 1.59. The molecule has 0 amide bonds. The van der Waals surface area contributed by atoms with Crippen molar-refractivity contribution in [2.75, 3.05) is 7.11 Å². The fourth-order valence-corrected chi connectivity index (χ4v) is 2.21. The van der Waals surface area contributed by atoms with Gasteiger partial charge in [-0.2, -0.15) is 0 Å². The molecule has 2 rings (SSSR count). The summed E-state index contributed by atoms with van der Waals surface area (Å²) in [6, 6.07) is 13.6. The van der Waals surface area contributed by atoms with Crippen molar-refractivity contribution in [3.8, 4) is 16.9 Å². The average molecular weight is 275 g/mol. The SMILES string of the molecule is COc1ccc(-c2ccc(CC(C)=O)cc2)cc1Cl. The second-order valence-corrected chi connectivity index (χ2v) is 4.83. The quantitative estimate of drug-likeness (QED) is 0.837. The summed E-state index contributed by atoms with van der Waals surface area (Å²) in [5, 5.41) is 0.591. The largest absolute Gasteiger partial charge is 0.495 e. The molecule has 0 saturated carbocycles. The third kappa shape index (κ3) is 3.36. The number of rotatable bonds is 4. The Hall–Kier alpha value is -1.80. The van der Waals surface area contributed by atoms with E-state index in [-0.39, 0.29) is 5.78 Å². The van der Waals surface area contributed by atoms with Gasteiger partial charge in [0, 0.05) is 6.42 Å². The first-order chi connectivity index (χ1) is 9.10. The normalized spacial score (nSPS) is 10.3. The Kier molecular flexibility index (Phi) is 4.23. The van der Waals surface area contributed by atoms with Gasteiger partial charge in [-0.1, -0.05) is 41.9 Å². The first-order valence-electron chi connectivity index (χ1n) is 6.02. The van der Waals surface area contributed by atoms with Crippen LogP contribution in [0.4, 0.5) is 0 Å². The van der Waals surface area contributed by atoms with Gasteiger partial charge < -0.3 is 4.74 Å². The molecule has 98 valence electrons. The van der Waals surface area contributed by atoms with Crippen LogP contribution in [-0.4, -0.2) is 12.9 Å². The third-order valence-corrected chi connectivity index (χ3v) is 3.19. The first kappa shape index (κ1) is 13.6. The maximum atomic E-state index is 11.1. The van der Waals surface area contributed by atoms with Crippen LogP contribution in [0, 0.1) is 0 Å². The van der Waals surface area contributed by atoms with E-state index in [9.17, 15) is 4.79 Å². The summed E-state index contributed by atoms with van der Waals surface area (Å²) in [5.74, 6) is 0.832. The molecule has 2 nitrogen and oxygen atoms in total. The minimum absolute atomic E-state index is 0.167. The van der Waals surface area contributed by atoms with E-state index in [0.29, 0.717) is 17.2 Å². The molecule has 0 aliphatic heterocycles. The third-order valence-electron chi connectivity index (χ3n) is 2.89. The zero-order valence-electron chi connectivity index (χ0n) is 10.9. The standard InChI is InChI=1S/C16H15ClO2/c1-11(18)9-12-3-5-13(6-4-12)14-7-8-16(19-2)15(17)10-14/h3-8,10H,9H2,1-2H3. The lowest BCUT2D eigenvalue weighted by atomic mass is 10.0. The fraction of sp³-hybridized carbons (Fsp3) is 0.188. The van der Waals surface area contributed by atoms with E-state index in [1.807, 2.05) is 42.5 Å². The fourth-order valence-electron chi connectivity index (χ4n) is 1.95. The molecular weight excluding hydrogens is 260 g/mol. The van der Waals surface area contributed by atoms with Crippen molar-refractivity contribution < 1.29 is 9.53 Å². The summed E-state index contributed by atoms with van der Waals surface area (Å²) >= 11 is 6.11. The molecule has 0 atom stereocenters.